The van der Waals surface area contributed by atoms with Crippen LogP contribution in [0.5, 0.6) is 0 Å². The molecule has 3 N–H and O–H groups in total. The fourth-order valence-corrected chi connectivity index (χ4v) is 2.41. The molecule has 0 radical (unpaired) electrons. The first-order chi connectivity index (χ1) is 11.2. The molecule has 2 rings (SSSR count). The van der Waals surface area contributed by atoms with Crippen LogP contribution in [0.25, 0.3) is 0 Å². The van der Waals surface area contributed by atoms with Crippen LogP contribution >= 0.6 is 0 Å². The minimum atomic E-state index is -0.709. The van der Waals surface area contributed by atoms with Crippen LogP contribution in [0.4, 0.5) is 11.4 Å². The third kappa shape index (κ3) is 3.24. The molecule has 0 unspecified atom stereocenters. The van der Waals surface area contributed by atoms with Crippen molar-refractivity contribution in [3.05, 3.63) is 33.4 Å². The van der Waals surface area contributed by atoms with E-state index in [0.717, 1.165) is 0 Å². The van der Waals surface area contributed by atoms with E-state index in [1.54, 1.807) is 6.92 Å². The summed E-state index contributed by atoms with van der Waals surface area (Å²) >= 11 is 0. The Morgan fingerprint density at radius 3 is 2.62 bits per heavy atom. The van der Waals surface area contributed by atoms with Crippen LogP contribution in [-0.2, 0) is 18.4 Å². The SMILES string of the molecule is Cc1nn(CCC(=O)Nc2cnn(C)c2C(N)=O)c(C)c1[N+](=O)[O-]. The second kappa shape index (κ2) is 6.48. The molecule has 2 amide bonds. The van der Waals surface area contributed by atoms with E-state index in [0.29, 0.717) is 11.4 Å². The number of carbonyl (C=O) groups is 2. The van der Waals surface area contributed by atoms with Crippen molar-refractivity contribution in [3.63, 3.8) is 0 Å². The molecule has 0 saturated carbocycles. The van der Waals surface area contributed by atoms with E-state index in [2.05, 4.69) is 15.5 Å². The Balaban J connectivity index is 2.06. The average Bonchev–Trinajstić information content (AvgIpc) is 2.96. The highest BCUT2D eigenvalue weighted by Crippen LogP contribution is 2.22. The number of nitrogens with two attached hydrogens (primary N) is 1. The maximum absolute atomic E-state index is 12.0. The predicted molar refractivity (Wildman–Crippen MR) is 83.3 cm³/mol. The van der Waals surface area contributed by atoms with E-state index in [4.69, 9.17) is 5.73 Å². The molecule has 0 aliphatic carbocycles. The number of aryl methyl sites for hydroxylation is 3. The topological polar surface area (TPSA) is 151 Å². The lowest BCUT2D eigenvalue weighted by Gasteiger charge is -2.06. The molecule has 0 aromatic carbocycles. The number of nitro groups is 1. The zero-order chi connectivity index (χ0) is 18.0. The van der Waals surface area contributed by atoms with Gasteiger partial charge in [0.15, 0.2) is 0 Å². The zero-order valence-electron chi connectivity index (χ0n) is 13.4. The van der Waals surface area contributed by atoms with Crippen LogP contribution in [0, 0.1) is 24.0 Å². The highest BCUT2D eigenvalue weighted by molar-refractivity contribution is 6.01. The third-order valence-electron chi connectivity index (χ3n) is 3.52. The number of primary amides is 1. The maximum atomic E-state index is 12.0. The molecule has 11 heteroatoms. The van der Waals surface area contributed by atoms with Crippen molar-refractivity contribution < 1.29 is 14.5 Å². The van der Waals surface area contributed by atoms with Gasteiger partial charge >= 0.3 is 5.69 Å². The first-order valence-corrected chi connectivity index (χ1v) is 7.02. The summed E-state index contributed by atoms with van der Waals surface area (Å²) in [5.74, 6) is -1.10. The van der Waals surface area contributed by atoms with Crippen molar-refractivity contribution in [3.8, 4) is 0 Å². The lowest BCUT2D eigenvalue weighted by Crippen LogP contribution is -2.21. The van der Waals surface area contributed by atoms with Gasteiger partial charge in [-0.25, -0.2) is 0 Å². The monoisotopic (exact) mass is 335 g/mol. The Kier molecular flexibility index (Phi) is 4.62. The average molecular weight is 335 g/mol. The largest absolute Gasteiger partial charge is 0.364 e. The lowest BCUT2D eigenvalue weighted by atomic mass is 10.3. The molecular formula is C13H17N7O4. The van der Waals surface area contributed by atoms with Gasteiger partial charge in [0, 0.05) is 13.5 Å². The Bertz CT molecular complexity index is 821. The van der Waals surface area contributed by atoms with Crippen molar-refractivity contribution in [2.45, 2.75) is 26.8 Å². The number of anilines is 1. The van der Waals surface area contributed by atoms with E-state index >= 15 is 0 Å². The first-order valence-electron chi connectivity index (χ1n) is 7.02. The molecule has 0 saturated heterocycles. The predicted octanol–water partition coefficient (Wildman–Crippen LogP) is 0.269. The number of rotatable bonds is 6. The fraction of sp³-hybridized carbons (Fsp3) is 0.385. The lowest BCUT2D eigenvalue weighted by molar-refractivity contribution is -0.386. The standard InChI is InChI=1S/C13H17N7O4/c1-7-11(20(23)24)8(2)19(17-7)5-4-10(21)16-9-6-15-18(3)12(9)13(14)22/h6H,4-5H2,1-3H3,(H2,14,22)(H,16,21). The number of aromatic nitrogens is 4. The van der Waals surface area contributed by atoms with Crippen LogP contribution in [0.1, 0.15) is 28.3 Å². The summed E-state index contributed by atoms with van der Waals surface area (Å²) in [6, 6.07) is 0. The van der Waals surface area contributed by atoms with Gasteiger partial charge in [0.05, 0.1) is 23.4 Å². The molecule has 24 heavy (non-hydrogen) atoms. The second-order valence-electron chi connectivity index (χ2n) is 5.19. The van der Waals surface area contributed by atoms with Crippen molar-refractivity contribution in [2.75, 3.05) is 5.32 Å². The molecule has 0 atom stereocenters. The number of nitrogens with zero attached hydrogens (tertiary/aromatic N) is 5. The van der Waals surface area contributed by atoms with Crippen molar-refractivity contribution >= 4 is 23.2 Å². The molecule has 2 aromatic rings. The van der Waals surface area contributed by atoms with Gasteiger partial charge in [-0.05, 0) is 13.8 Å². The van der Waals surface area contributed by atoms with Crippen molar-refractivity contribution in [1.82, 2.24) is 19.6 Å². The summed E-state index contributed by atoms with van der Waals surface area (Å²) in [5.41, 5.74) is 6.16. The Labute approximate surface area is 136 Å². The Hall–Kier alpha value is -3.24. The van der Waals surface area contributed by atoms with Gasteiger partial charge in [0.25, 0.3) is 5.91 Å². The van der Waals surface area contributed by atoms with Gasteiger partial charge in [-0.3, -0.25) is 29.1 Å². The molecule has 11 nitrogen and oxygen atoms in total. The number of amides is 2. The molecule has 0 aliphatic heterocycles. The molecule has 0 spiro atoms. The van der Waals surface area contributed by atoms with Gasteiger partial charge in [-0.2, -0.15) is 10.2 Å². The van der Waals surface area contributed by atoms with Gasteiger partial charge in [0.2, 0.25) is 5.91 Å². The highest BCUT2D eigenvalue weighted by Gasteiger charge is 2.22. The van der Waals surface area contributed by atoms with E-state index in [1.165, 1.54) is 29.5 Å². The quantitative estimate of drug-likeness (QED) is 0.571. The molecule has 128 valence electrons. The van der Waals surface area contributed by atoms with Gasteiger partial charge in [-0.15, -0.1) is 0 Å². The van der Waals surface area contributed by atoms with Crippen LogP contribution in [0.3, 0.4) is 0 Å². The summed E-state index contributed by atoms with van der Waals surface area (Å²) < 4.78 is 2.67. The third-order valence-corrected chi connectivity index (χ3v) is 3.52. The Morgan fingerprint density at radius 1 is 1.42 bits per heavy atom. The van der Waals surface area contributed by atoms with E-state index in [1.807, 2.05) is 0 Å². The van der Waals surface area contributed by atoms with E-state index < -0.39 is 10.8 Å². The highest BCUT2D eigenvalue weighted by atomic mass is 16.6. The number of nitrogens with one attached hydrogen (secondary N) is 1. The van der Waals surface area contributed by atoms with E-state index in [-0.39, 0.29) is 35.9 Å². The van der Waals surface area contributed by atoms with Crippen molar-refractivity contribution in [2.24, 2.45) is 12.8 Å². The molecule has 0 bridgehead atoms. The summed E-state index contributed by atoms with van der Waals surface area (Å²) in [6.07, 6.45) is 1.35. The summed E-state index contributed by atoms with van der Waals surface area (Å²) in [7, 11) is 1.53. The number of hydrogen-bond acceptors (Lipinski definition) is 6. The number of carbonyl (C=O) groups excluding carboxylic acids is 2. The maximum Gasteiger partial charge on any atom is 0.312 e. The minimum absolute atomic E-state index is 0.0201. The summed E-state index contributed by atoms with van der Waals surface area (Å²) in [4.78, 5) is 33.8. The molecule has 2 heterocycles. The zero-order valence-corrected chi connectivity index (χ0v) is 13.4. The molecule has 0 fully saturated rings. The van der Waals surface area contributed by atoms with Crippen LogP contribution in [-0.4, -0.2) is 36.3 Å². The van der Waals surface area contributed by atoms with Gasteiger partial charge in [-0.1, -0.05) is 0 Å². The van der Waals surface area contributed by atoms with Crippen molar-refractivity contribution in [1.29, 1.82) is 0 Å². The minimum Gasteiger partial charge on any atom is -0.364 e. The van der Waals surface area contributed by atoms with Gasteiger partial charge in [0.1, 0.15) is 17.1 Å². The summed E-state index contributed by atoms with van der Waals surface area (Å²) in [5, 5.41) is 21.4. The van der Waals surface area contributed by atoms with E-state index in [9.17, 15) is 19.7 Å². The Morgan fingerprint density at radius 2 is 2.08 bits per heavy atom. The van der Waals surface area contributed by atoms with Crippen LogP contribution < -0.4 is 11.1 Å². The first kappa shape index (κ1) is 17.1. The molecule has 0 aliphatic rings. The number of hydrogen-bond donors (Lipinski definition) is 2. The molecule has 2 aromatic heterocycles. The summed E-state index contributed by atoms with van der Waals surface area (Å²) in [6.45, 7) is 3.28. The normalized spacial score (nSPS) is 10.6. The molecular weight excluding hydrogens is 318 g/mol. The van der Waals surface area contributed by atoms with Gasteiger partial charge < -0.3 is 11.1 Å². The smallest absolute Gasteiger partial charge is 0.312 e. The fourth-order valence-electron chi connectivity index (χ4n) is 2.41. The van der Waals surface area contributed by atoms with Crippen LogP contribution in [0.15, 0.2) is 6.20 Å². The van der Waals surface area contributed by atoms with Crippen LogP contribution in [0.2, 0.25) is 0 Å². The second-order valence-corrected chi connectivity index (χ2v) is 5.19.